The minimum atomic E-state index is -0.358. The maximum atomic E-state index is 11.9. The first-order chi connectivity index (χ1) is 8.97. The second-order valence-corrected chi connectivity index (χ2v) is 4.67. The predicted octanol–water partition coefficient (Wildman–Crippen LogP) is 3.53. The number of anilines is 2. The Balaban J connectivity index is 2.20. The molecule has 0 aromatic heterocycles. The van der Waals surface area contributed by atoms with Gasteiger partial charge in [-0.25, -0.2) is 0 Å². The molecule has 0 fully saturated rings. The van der Waals surface area contributed by atoms with Gasteiger partial charge in [-0.15, -0.1) is 0 Å². The highest BCUT2D eigenvalue weighted by atomic mass is 35.5. The van der Waals surface area contributed by atoms with E-state index in [4.69, 9.17) is 28.9 Å². The molecule has 0 unspecified atom stereocenters. The lowest BCUT2D eigenvalue weighted by Crippen LogP contribution is -2.11. The fourth-order valence-electron chi connectivity index (χ4n) is 1.47. The van der Waals surface area contributed by atoms with Crippen molar-refractivity contribution in [1.82, 2.24) is 0 Å². The van der Waals surface area contributed by atoms with Crippen LogP contribution in [0.1, 0.15) is 10.4 Å². The number of rotatable bonds is 2. The first-order valence-electron chi connectivity index (χ1n) is 5.32. The van der Waals surface area contributed by atoms with Crippen molar-refractivity contribution >= 4 is 40.5 Å². The van der Waals surface area contributed by atoms with E-state index in [9.17, 15) is 9.90 Å². The zero-order chi connectivity index (χ0) is 14.0. The van der Waals surface area contributed by atoms with E-state index in [0.29, 0.717) is 22.0 Å². The van der Waals surface area contributed by atoms with E-state index in [2.05, 4.69) is 5.32 Å². The molecule has 0 saturated carbocycles. The highest BCUT2D eigenvalue weighted by Crippen LogP contribution is 2.25. The molecule has 2 rings (SSSR count). The number of nitrogens with one attached hydrogen (secondary N) is 1. The number of phenolic OH excluding ortho intramolecular Hbond substituents is 1. The summed E-state index contributed by atoms with van der Waals surface area (Å²) >= 11 is 11.5. The SMILES string of the molecule is Nc1cc(NC(=O)c2ccc(O)c(Cl)c2)ccc1Cl. The number of nitrogens with two attached hydrogens (primary N) is 1. The lowest BCUT2D eigenvalue weighted by Gasteiger charge is -2.07. The van der Waals surface area contributed by atoms with Gasteiger partial charge in [-0.1, -0.05) is 23.2 Å². The van der Waals surface area contributed by atoms with E-state index in [-0.39, 0.29) is 16.7 Å². The molecular formula is C13H10Cl2N2O2. The van der Waals surface area contributed by atoms with Crippen LogP contribution in [0.25, 0.3) is 0 Å². The lowest BCUT2D eigenvalue weighted by molar-refractivity contribution is 0.102. The number of amides is 1. The molecule has 0 aliphatic rings. The average Bonchev–Trinajstić information content (AvgIpc) is 2.37. The molecule has 98 valence electrons. The number of phenols is 1. The highest BCUT2D eigenvalue weighted by molar-refractivity contribution is 6.33. The van der Waals surface area contributed by atoms with Gasteiger partial charge in [0.1, 0.15) is 5.75 Å². The molecular weight excluding hydrogens is 287 g/mol. The van der Waals surface area contributed by atoms with Gasteiger partial charge in [0, 0.05) is 11.3 Å². The summed E-state index contributed by atoms with van der Waals surface area (Å²) in [5.74, 6) is -0.433. The Morgan fingerprint density at radius 2 is 1.84 bits per heavy atom. The van der Waals surface area contributed by atoms with Crippen LogP contribution in [0.3, 0.4) is 0 Å². The summed E-state index contributed by atoms with van der Waals surface area (Å²) in [6.07, 6.45) is 0. The van der Waals surface area contributed by atoms with Gasteiger partial charge in [0.05, 0.1) is 15.7 Å². The van der Waals surface area contributed by atoms with E-state index in [1.165, 1.54) is 18.2 Å². The van der Waals surface area contributed by atoms with Gasteiger partial charge < -0.3 is 16.2 Å². The zero-order valence-electron chi connectivity index (χ0n) is 9.65. The zero-order valence-corrected chi connectivity index (χ0v) is 11.2. The topological polar surface area (TPSA) is 75.3 Å². The molecule has 0 bridgehead atoms. The van der Waals surface area contributed by atoms with Crippen molar-refractivity contribution in [3.8, 4) is 5.75 Å². The monoisotopic (exact) mass is 296 g/mol. The van der Waals surface area contributed by atoms with E-state index in [1.54, 1.807) is 18.2 Å². The van der Waals surface area contributed by atoms with Gasteiger partial charge in [-0.3, -0.25) is 4.79 Å². The quantitative estimate of drug-likeness (QED) is 0.742. The van der Waals surface area contributed by atoms with Crippen molar-refractivity contribution in [3.05, 3.63) is 52.0 Å². The highest BCUT2D eigenvalue weighted by Gasteiger charge is 2.09. The minimum Gasteiger partial charge on any atom is -0.506 e. The third-order valence-corrected chi connectivity index (χ3v) is 3.11. The largest absolute Gasteiger partial charge is 0.506 e. The second-order valence-electron chi connectivity index (χ2n) is 3.86. The number of hydrogen-bond donors (Lipinski definition) is 3. The smallest absolute Gasteiger partial charge is 0.255 e. The van der Waals surface area contributed by atoms with Crippen molar-refractivity contribution < 1.29 is 9.90 Å². The number of carbonyl (C=O) groups excluding carboxylic acids is 1. The van der Waals surface area contributed by atoms with Crippen molar-refractivity contribution in [1.29, 1.82) is 0 Å². The van der Waals surface area contributed by atoms with Gasteiger partial charge in [0.25, 0.3) is 5.91 Å². The molecule has 0 atom stereocenters. The maximum absolute atomic E-state index is 11.9. The van der Waals surface area contributed by atoms with Crippen LogP contribution < -0.4 is 11.1 Å². The Hall–Kier alpha value is -1.91. The molecule has 2 aromatic rings. The Kier molecular flexibility index (Phi) is 3.83. The number of hydrogen-bond acceptors (Lipinski definition) is 3. The number of nitrogen functional groups attached to an aromatic ring is 1. The Morgan fingerprint density at radius 3 is 2.47 bits per heavy atom. The molecule has 0 aliphatic carbocycles. The van der Waals surface area contributed by atoms with Crippen LogP contribution in [0.5, 0.6) is 5.75 Å². The van der Waals surface area contributed by atoms with Crippen LogP contribution >= 0.6 is 23.2 Å². The van der Waals surface area contributed by atoms with Crippen LogP contribution in [-0.4, -0.2) is 11.0 Å². The summed E-state index contributed by atoms with van der Waals surface area (Å²) in [7, 11) is 0. The molecule has 0 saturated heterocycles. The Morgan fingerprint density at radius 1 is 1.11 bits per heavy atom. The fraction of sp³-hybridized carbons (Fsp3) is 0. The van der Waals surface area contributed by atoms with E-state index >= 15 is 0 Å². The van der Waals surface area contributed by atoms with Gasteiger partial charge in [-0.2, -0.15) is 0 Å². The molecule has 2 aromatic carbocycles. The predicted molar refractivity (Wildman–Crippen MR) is 76.9 cm³/mol. The molecule has 4 nitrogen and oxygen atoms in total. The molecule has 4 N–H and O–H groups in total. The molecule has 0 aliphatic heterocycles. The van der Waals surface area contributed by atoms with Crippen LogP contribution in [0, 0.1) is 0 Å². The van der Waals surface area contributed by atoms with Gasteiger partial charge in [-0.05, 0) is 36.4 Å². The molecule has 0 spiro atoms. The van der Waals surface area contributed by atoms with Gasteiger partial charge in [0.2, 0.25) is 0 Å². The lowest BCUT2D eigenvalue weighted by atomic mass is 10.2. The first-order valence-corrected chi connectivity index (χ1v) is 6.08. The van der Waals surface area contributed by atoms with Gasteiger partial charge in [0.15, 0.2) is 0 Å². The molecule has 1 amide bonds. The van der Waals surface area contributed by atoms with E-state index in [0.717, 1.165) is 0 Å². The third-order valence-electron chi connectivity index (χ3n) is 2.46. The van der Waals surface area contributed by atoms with Crippen molar-refractivity contribution in [3.63, 3.8) is 0 Å². The summed E-state index contributed by atoms with van der Waals surface area (Å²) in [6, 6.07) is 8.99. The summed E-state index contributed by atoms with van der Waals surface area (Å²) in [6.45, 7) is 0. The van der Waals surface area contributed by atoms with Crippen LogP contribution in [0.15, 0.2) is 36.4 Å². The molecule has 0 radical (unpaired) electrons. The number of benzene rings is 2. The Bertz CT molecular complexity index is 645. The number of halogens is 2. The normalized spacial score (nSPS) is 10.2. The summed E-state index contributed by atoms with van der Waals surface area (Å²) in [4.78, 5) is 11.9. The van der Waals surface area contributed by atoms with Crippen molar-refractivity contribution in [2.24, 2.45) is 0 Å². The average molecular weight is 297 g/mol. The maximum Gasteiger partial charge on any atom is 0.255 e. The summed E-state index contributed by atoms with van der Waals surface area (Å²) in [5.41, 5.74) is 6.87. The standard InChI is InChI=1S/C13H10Cl2N2O2/c14-9-3-2-8(6-11(9)16)17-13(19)7-1-4-12(18)10(15)5-7/h1-6,18H,16H2,(H,17,19). The number of aromatic hydroxyl groups is 1. The number of carbonyl (C=O) groups is 1. The molecule has 0 heterocycles. The summed E-state index contributed by atoms with van der Waals surface area (Å²) in [5, 5.41) is 12.5. The minimum absolute atomic E-state index is 0.0750. The Labute approximate surface area is 119 Å². The van der Waals surface area contributed by atoms with Crippen LogP contribution in [0.4, 0.5) is 11.4 Å². The molecule has 19 heavy (non-hydrogen) atoms. The third kappa shape index (κ3) is 3.10. The van der Waals surface area contributed by atoms with Crippen molar-refractivity contribution in [2.75, 3.05) is 11.1 Å². The second kappa shape index (κ2) is 5.38. The van der Waals surface area contributed by atoms with Crippen LogP contribution in [0.2, 0.25) is 10.0 Å². The van der Waals surface area contributed by atoms with E-state index in [1.807, 2.05) is 0 Å². The van der Waals surface area contributed by atoms with E-state index < -0.39 is 0 Å². The van der Waals surface area contributed by atoms with Crippen molar-refractivity contribution in [2.45, 2.75) is 0 Å². The fourth-order valence-corrected chi connectivity index (χ4v) is 1.77. The molecule has 6 heteroatoms. The van der Waals surface area contributed by atoms with Gasteiger partial charge >= 0.3 is 0 Å². The van der Waals surface area contributed by atoms with Crippen LogP contribution in [-0.2, 0) is 0 Å². The summed E-state index contributed by atoms with van der Waals surface area (Å²) < 4.78 is 0. The first kappa shape index (κ1) is 13.5.